The first-order valence-corrected chi connectivity index (χ1v) is 8.46. The molecule has 0 aliphatic heterocycles. The predicted molar refractivity (Wildman–Crippen MR) is 96.9 cm³/mol. The van der Waals surface area contributed by atoms with E-state index in [-0.39, 0.29) is 17.1 Å². The van der Waals surface area contributed by atoms with Gasteiger partial charge in [-0.25, -0.2) is 4.98 Å². The van der Waals surface area contributed by atoms with Crippen LogP contribution >= 0.6 is 11.3 Å². The molecule has 2 aromatic heterocycles. The Morgan fingerprint density at radius 1 is 1.08 bits per heavy atom. The number of nitrogen functional groups attached to an aromatic ring is 1. The third kappa shape index (κ3) is 3.30. The standard InChI is InChI=1S/C19H14N4OS/c20-10-15-17(7-6-14-5-2-8-25-14)23-19(22)16(11-21)18(15)12-3-1-4-13(24)9-12/h1-5,8-9,24H,6-7H2,(H2,22,23). The van der Waals surface area contributed by atoms with Gasteiger partial charge < -0.3 is 10.8 Å². The van der Waals surface area contributed by atoms with Gasteiger partial charge in [0.1, 0.15) is 29.3 Å². The fourth-order valence-corrected chi connectivity index (χ4v) is 3.42. The number of hydrogen-bond acceptors (Lipinski definition) is 6. The molecule has 0 bridgehead atoms. The number of phenolic OH excluding ortho intramolecular Hbond substituents is 1. The molecule has 0 atom stereocenters. The third-order valence-electron chi connectivity index (χ3n) is 3.85. The first kappa shape index (κ1) is 16.5. The third-order valence-corrected chi connectivity index (χ3v) is 4.78. The number of benzene rings is 1. The molecule has 0 unspecified atom stereocenters. The molecule has 1 aromatic carbocycles. The molecule has 0 spiro atoms. The van der Waals surface area contributed by atoms with Crippen LogP contribution in [0.15, 0.2) is 41.8 Å². The van der Waals surface area contributed by atoms with Crippen molar-refractivity contribution >= 4 is 17.2 Å². The van der Waals surface area contributed by atoms with Crippen molar-refractivity contribution in [2.75, 3.05) is 5.73 Å². The average molecular weight is 346 g/mol. The summed E-state index contributed by atoms with van der Waals surface area (Å²) in [4.78, 5) is 5.49. The Hall–Kier alpha value is -3.35. The van der Waals surface area contributed by atoms with Crippen LogP contribution in [0.4, 0.5) is 5.82 Å². The van der Waals surface area contributed by atoms with Crippen LogP contribution in [0, 0.1) is 22.7 Å². The van der Waals surface area contributed by atoms with Crippen molar-refractivity contribution in [2.45, 2.75) is 12.8 Å². The van der Waals surface area contributed by atoms with E-state index in [2.05, 4.69) is 11.1 Å². The molecule has 122 valence electrons. The lowest BCUT2D eigenvalue weighted by molar-refractivity contribution is 0.475. The summed E-state index contributed by atoms with van der Waals surface area (Å²) in [7, 11) is 0. The minimum atomic E-state index is 0.0563. The number of aromatic nitrogens is 1. The number of pyridine rings is 1. The summed E-state index contributed by atoms with van der Waals surface area (Å²) >= 11 is 1.64. The zero-order valence-corrected chi connectivity index (χ0v) is 14.0. The number of nitriles is 2. The van der Waals surface area contributed by atoms with Crippen LogP contribution in [0.2, 0.25) is 0 Å². The minimum absolute atomic E-state index is 0.0563. The summed E-state index contributed by atoms with van der Waals surface area (Å²) < 4.78 is 0. The highest BCUT2D eigenvalue weighted by Crippen LogP contribution is 2.33. The van der Waals surface area contributed by atoms with E-state index in [0.29, 0.717) is 28.8 Å². The minimum Gasteiger partial charge on any atom is -0.508 e. The van der Waals surface area contributed by atoms with Crippen LogP contribution < -0.4 is 5.73 Å². The molecule has 3 aromatic rings. The van der Waals surface area contributed by atoms with E-state index in [4.69, 9.17) is 5.73 Å². The number of hydrogen-bond donors (Lipinski definition) is 2. The van der Waals surface area contributed by atoms with Gasteiger partial charge in [-0.3, -0.25) is 0 Å². The van der Waals surface area contributed by atoms with Crippen LogP contribution in [0.1, 0.15) is 21.7 Å². The van der Waals surface area contributed by atoms with E-state index in [1.54, 1.807) is 23.5 Å². The predicted octanol–water partition coefficient (Wildman–Crippen LogP) is 3.63. The van der Waals surface area contributed by atoms with Crippen molar-refractivity contribution in [2.24, 2.45) is 0 Å². The van der Waals surface area contributed by atoms with Gasteiger partial charge in [0, 0.05) is 10.4 Å². The maximum absolute atomic E-state index is 9.76. The molecule has 0 saturated heterocycles. The maximum atomic E-state index is 9.76. The number of nitrogens with zero attached hydrogens (tertiary/aromatic N) is 3. The van der Waals surface area contributed by atoms with Crippen LogP contribution in [0.3, 0.4) is 0 Å². The Bertz CT molecular complexity index is 997. The van der Waals surface area contributed by atoms with E-state index in [0.717, 1.165) is 6.42 Å². The fraction of sp³-hybridized carbons (Fsp3) is 0.105. The first-order chi connectivity index (χ1) is 12.1. The largest absolute Gasteiger partial charge is 0.508 e. The summed E-state index contributed by atoms with van der Waals surface area (Å²) in [5.74, 6) is 0.154. The molecule has 3 rings (SSSR count). The van der Waals surface area contributed by atoms with Gasteiger partial charge in [0.15, 0.2) is 0 Å². The molecular weight excluding hydrogens is 332 g/mol. The quantitative estimate of drug-likeness (QED) is 0.750. The second-order valence-electron chi connectivity index (χ2n) is 5.42. The molecule has 0 amide bonds. The Morgan fingerprint density at radius 2 is 1.88 bits per heavy atom. The first-order valence-electron chi connectivity index (χ1n) is 7.58. The molecule has 6 heteroatoms. The summed E-state index contributed by atoms with van der Waals surface area (Å²) in [6.07, 6.45) is 1.29. The number of nitrogens with two attached hydrogens (primary N) is 1. The molecule has 25 heavy (non-hydrogen) atoms. The molecule has 0 fully saturated rings. The second-order valence-corrected chi connectivity index (χ2v) is 6.45. The number of anilines is 1. The average Bonchev–Trinajstić information content (AvgIpc) is 3.12. The monoisotopic (exact) mass is 346 g/mol. The van der Waals surface area contributed by atoms with Crippen molar-refractivity contribution < 1.29 is 5.11 Å². The van der Waals surface area contributed by atoms with Gasteiger partial charge in [0.05, 0.1) is 11.3 Å². The van der Waals surface area contributed by atoms with Gasteiger partial charge in [-0.1, -0.05) is 18.2 Å². The molecule has 0 radical (unpaired) electrons. The Labute approximate surface area is 149 Å². The highest BCUT2D eigenvalue weighted by molar-refractivity contribution is 7.09. The lowest BCUT2D eigenvalue weighted by atomic mass is 9.93. The fourth-order valence-electron chi connectivity index (χ4n) is 2.72. The molecule has 0 aliphatic carbocycles. The topological polar surface area (TPSA) is 107 Å². The summed E-state index contributed by atoms with van der Waals surface area (Å²) in [6, 6.07) is 14.6. The lowest BCUT2D eigenvalue weighted by Crippen LogP contribution is -2.07. The molecular formula is C19H14N4OS. The van der Waals surface area contributed by atoms with E-state index >= 15 is 0 Å². The van der Waals surface area contributed by atoms with Crippen LogP contribution in [-0.2, 0) is 12.8 Å². The summed E-state index contributed by atoms with van der Waals surface area (Å²) in [6.45, 7) is 0. The van der Waals surface area contributed by atoms with Crippen LogP contribution in [0.25, 0.3) is 11.1 Å². The van der Waals surface area contributed by atoms with Crippen molar-refractivity contribution in [3.8, 4) is 29.0 Å². The van der Waals surface area contributed by atoms with Gasteiger partial charge >= 0.3 is 0 Å². The molecule has 0 saturated carbocycles. The maximum Gasteiger partial charge on any atom is 0.142 e. The van der Waals surface area contributed by atoms with Gasteiger partial charge in [-0.15, -0.1) is 11.3 Å². The van der Waals surface area contributed by atoms with Crippen LogP contribution in [0.5, 0.6) is 5.75 Å². The zero-order chi connectivity index (χ0) is 17.8. The van der Waals surface area contributed by atoms with E-state index < -0.39 is 0 Å². The van der Waals surface area contributed by atoms with Crippen molar-refractivity contribution in [1.29, 1.82) is 10.5 Å². The number of thiophene rings is 1. The smallest absolute Gasteiger partial charge is 0.142 e. The van der Waals surface area contributed by atoms with Gasteiger partial charge in [-0.2, -0.15) is 10.5 Å². The SMILES string of the molecule is N#Cc1c(N)nc(CCc2cccs2)c(C#N)c1-c1cccc(O)c1. The zero-order valence-electron chi connectivity index (χ0n) is 13.2. The second kappa shape index (κ2) is 7.04. The highest BCUT2D eigenvalue weighted by Gasteiger charge is 2.20. The van der Waals surface area contributed by atoms with Crippen LogP contribution in [-0.4, -0.2) is 10.1 Å². The summed E-state index contributed by atoms with van der Waals surface area (Å²) in [5, 5.41) is 30.9. The Morgan fingerprint density at radius 3 is 2.52 bits per heavy atom. The summed E-state index contributed by atoms with van der Waals surface area (Å²) in [5.41, 5.74) is 8.01. The normalized spacial score (nSPS) is 10.2. The number of phenols is 1. The van der Waals surface area contributed by atoms with Crippen molar-refractivity contribution in [3.63, 3.8) is 0 Å². The number of rotatable bonds is 4. The Balaban J connectivity index is 2.15. The van der Waals surface area contributed by atoms with Crippen molar-refractivity contribution in [3.05, 3.63) is 63.5 Å². The molecule has 0 aliphatic rings. The van der Waals surface area contributed by atoms with Crippen molar-refractivity contribution in [1.82, 2.24) is 4.98 Å². The number of aryl methyl sites for hydroxylation is 2. The lowest BCUT2D eigenvalue weighted by Gasteiger charge is -2.13. The van der Waals surface area contributed by atoms with Gasteiger partial charge in [0.25, 0.3) is 0 Å². The van der Waals surface area contributed by atoms with Gasteiger partial charge in [0.2, 0.25) is 0 Å². The Kier molecular flexibility index (Phi) is 4.65. The molecule has 5 nitrogen and oxygen atoms in total. The van der Waals surface area contributed by atoms with Gasteiger partial charge in [-0.05, 0) is 42.0 Å². The number of aromatic hydroxyl groups is 1. The van der Waals surface area contributed by atoms with E-state index in [1.165, 1.54) is 17.0 Å². The van der Waals surface area contributed by atoms with E-state index in [9.17, 15) is 15.6 Å². The molecule has 2 heterocycles. The molecule has 3 N–H and O–H groups in total. The highest BCUT2D eigenvalue weighted by atomic mass is 32.1. The van der Waals surface area contributed by atoms with E-state index in [1.807, 2.05) is 23.6 Å².